The number of aromatic nitrogens is 4. The predicted octanol–water partition coefficient (Wildman–Crippen LogP) is 3.10. The van der Waals surface area contributed by atoms with Crippen molar-refractivity contribution < 1.29 is 9.47 Å². The molecular formula is C20H24Cl2N6O3. The smallest absolute Gasteiger partial charge is 0.326 e. The summed E-state index contributed by atoms with van der Waals surface area (Å²) in [5.41, 5.74) is 1.68. The molecule has 0 spiro atoms. The molecule has 0 bridgehead atoms. The SMILES string of the molecule is C[C@H]1CNC[C@@H](OCCOc2cc(Nc3nc(Cl)ncc3Cl)cc3[nH]c(=O)n(C)c23)C1. The van der Waals surface area contributed by atoms with Crippen LogP contribution in [0.25, 0.3) is 11.0 Å². The molecule has 0 radical (unpaired) electrons. The normalized spacial score (nSPS) is 19.0. The van der Waals surface area contributed by atoms with Gasteiger partial charge in [-0.05, 0) is 36.6 Å². The van der Waals surface area contributed by atoms with Crippen LogP contribution in [0.5, 0.6) is 5.75 Å². The molecule has 1 fully saturated rings. The van der Waals surface area contributed by atoms with Gasteiger partial charge in [0.05, 0.1) is 24.4 Å². The molecule has 1 aliphatic rings. The number of anilines is 2. The molecule has 0 amide bonds. The molecule has 1 aliphatic heterocycles. The lowest BCUT2D eigenvalue weighted by Crippen LogP contribution is -2.40. The lowest BCUT2D eigenvalue weighted by molar-refractivity contribution is 0.0103. The van der Waals surface area contributed by atoms with E-state index in [1.165, 1.54) is 10.8 Å². The summed E-state index contributed by atoms with van der Waals surface area (Å²) in [5.74, 6) is 1.49. The van der Waals surface area contributed by atoms with E-state index in [2.05, 4.69) is 32.5 Å². The van der Waals surface area contributed by atoms with Gasteiger partial charge in [0.2, 0.25) is 5.28 Å². The zero-order valence-electron chi connectivity index (χ0n) is 17.2. The van der Waals surface area contributed by atoms with Crippen molar-refractivity contribution in [2.75, 3.05) is 31.6 Å². The highest BCUT2D eigenvalue weighted by Gasteiger charge is 2.19. The largest absolute Gasteiger partial charge is 0.489 e. The summed E-state index contributed by atoms with van der Waals surface area (Å²) in [5, 5.41) is 6.86. The molecule has 1 aromatic carbocycles. The van der Waals surface area contributed by atoms with Crippen molar-refractivity contribution in [2.24, 2.45) is 13.0 Å². The zero-order valence-corrected chi connectivity index (χ0v) is 18.8. The van der Waals surface area contributed by atoms with E-state index in [1.807, 2.05) is 0 Å². The van der Waals surface area contributed by atoms with Crippen molar-refractivity contribution in [1.82, 2.24) is 24.8 Å². The predicted molar refractivity (Wildman–Crippen MR) is 121 cm³/mol. The first-order valence-corrected chi connectivity index (χ1v) is 10.8. The number of imidazole rings is 1. The Labute approximate surface area is 189 Å². The molecule has 9 nitrogen and oxygen atoms in total. The Bertz CT molecular complexity index is 1130. The van der Waals surface area contributed by atoms with E-state index in [1.54, 1.807) is 19.2 Å². The van der Waals surface area contributed by atoms with Crippen LogP contribution in [0, 0.1) is 5.92 Å². The van der Waals surface area contributed by atoms with Gasteiger partial charge in [-0.1, -0.05) is 18.5 Å². The molecule has 31 heavy (non-hydrogen) atoms. The minimum Gasteiger partial charge on any atom is -0.489 e. The number of nitrogens with zero attached hydrogens (tertiary/aromatic N) is 3. The number of aryl methyl sites for hydroxylation is 1. The first-order valence-electron chi connectivity index (χ1n) is 10.0. The van der Waals surface area contributed by atoms with Crippen LogP contribution in [0.3, 0.4) is 0 Å². The average molecular weight is 467 g/mol. The van der Waals surface area contributed by atoms with Gasteiger partial charge in [-0.3, -0.25) is 4.57 Å². The van der Waals surface area contributed by atoms with E-state index in [0.29, 0.717) is 52.4 Å². The number of nitrogens with one attached hydrogen (secondary N) is 3. The molecule has 4 rings (SSSR count). The molecule has 1 saturated heterocycles. The summed E-state index contributed by atoms with van der Waals surface area (Å²) in [7, 11) is 1.69. The maximum atomic E-state index is 12.2. The molecule has 3 N–H and O–H groups in total. The number of hydrogen-bond donors (Lipinski definition) is 3. The highest BCUT2D eigenvalue weighted by Crippen LogP contribution is 2.31. The number of hydrogen-bond acceptors (Lipinski definition) is 7. The standard InChI is InChI=1S/C20H24Cl2N6O3/c1-11-5-13(9-23-8-11)30-3-4-31-16-7-12(6-15-17(16)28(2)20(29)26-15)25-18-14(21)10-24-19(22)27-18/h6-7,10-11,13,23H,3-5,8-9H2,1-2H3,(H,26,29)(H,24,25,27)/t11-,13+/m1/s1. The van der Waals surface area contributed by atoms with Gasteiger partial charge in [0.15, 0.2) is 5.82 Å². The number of H-pyrrole nitrogens is 1. The van der Waals surface area contributed by atoms with Crippen LogP contribution in [-0.4, -0.2) is 51.9 Å². The third-order valence-electron chi connectivity index (χ3n) is 5.16. The Balaban J connectivity index is 1.52. The number of ether oxygens (including phenoxy) is 2. The monoisotopic (exact) mass is 466 g/mol. The van der Waals surface area contributed by atoms with E-state index in [4.69, 9.17) is 32.7 Å². The van der Waals surface area contributed by atoms with Crippen molar-refractivity contribution in [1.29, 1.82) is 0 Å². The topological polar surface area (TPSA) is 106 Å². The maximum absolute atomic E-state index is 12.2. The van der Waals surface area contributed by atoms with Gasteiger partial charge in [0.25, 0.3) is 0 Å². The number of benzene rings is 1. The zero-order chi connectivity index (χ0) is 22.0. The van der Waals surface area contributed by atoms with Crippen LogP contribution in [0.2, 0.25) is 10.3 Å². The van der Waals surface area contributed by atoms with Crippen molar-refractivity contribution in [3.8, 4) is 5.75 Å². The van der Waals surface area contributed by atoms with E-state index in [9.17, 15) is 4.79 Å². The Morgan fingerprint density at radius 1 is 1.29 bits per heavy atom. The van der Waals surface area contributed by atoms with Crippen LogP contribution in [-0.2, 0) is 11.8 Å². The molecule has 0 saturated carbocycles. The summed E-state index contributed by atoms with van der Waals surface area (Å²) in [6.45, 7) is 4.88. The van der Waals surface area contributed by atoms with E-state index in [-0.39, 0.29) is 17.1 Å². The van der Waals surface area contributed by atoms with Crippen molar-refractivity contribution in [2.45, 2.75) is 19.4 Å². The second-order valence-electron chi connectivity index (χ2n) is 7.66. The number of aromatic amines is 1. The van der Waals surface area contributed by atoms with E-state index < -0.39 is 0 Å². The maximum Gasteiger partial charge on any atom is 0.326 e. The molecule has 166 valence electrons. The molecule has 11 heteroatoms. The van der Waals surface area contributed by atoms with Gasteiger partial charge in [0.1, 0.15) is 22.9 Å². The highest BCUT2D eigenvalue weighted by atomic mass is 35.5. The van der Waals surface area contributed by atoms with Crippen LogP contribution in [0.15, 0.2) is 23.1 Å². The fourth-order valence-electron chi connectivity index (χ4n) is 3.70. The first kappa shape index (κ1) is 21.9. The second kappa shape index (κ2) is 9.44. The first-order chi connectivity index (χ1) is 14.9. The molecular weight excluding hydrogens is 443 g/mol. The molecule has 3 aromatic rings. The molecule has 2 atom stereocenters. The fraction of sp³-hybridized carbons (Fsp3) is 0.450. The average Bonchev–Trinajstić information content (AvgIpc) is 3.02. The van der Waals surface area contributed by atoms with Crippen LogP contribution >= 0.6 is 23.2 Å². The molecule has 2 aromatic heterocycles. The third-order valence-corrected chi connectivity index (χ3v) is 5.62. The fourth-order valence-corrected chi connectivity index (χ4v) is 3.97. The van der Waals surface area contributed by atoms with Crippen LogP contribution < -0.4 is 21.1 Å². The number of rotatable bonds is 7. The van der Waals surface area contributed by atoms with Gasteiger partial charge >= 0.3 is 5.69 Å². The minimum atomic E-state index is -0.237. The van der Waals surface area contributed by atoms with Crippen molar-refractivity contribution in [3.63, 3.8) is 0 Å². The van der Waals surface area contributed by atoms with Gasteiger partial charge in [-0.2, -0.15) is 4.98 Å². The second-order valence-corrected chi connectivity index (χ2v) is 8.41. The van der Waals surface area contributed by atoms with Gasteiger partial charge in [-0.15, -0.1) is 0 Å². The third kappa shape index (κ3) is 5.12. The Morgan fingerprint density at radius 2 is 2.13 bits per heavy atom. The minimum absolute atomic E-state index is 0.0706. The molecule has 0 aliphatic carbocycles. The van der Waals surface area contributed by atoms with Crippen molar-refractivity contribution in [3.05, 3.63) is 39.1 Å². The van der Waals surface area contributed by atoms with Crippen molar-refractivity contribution >= 4 is 45.7 Å². The number of halogens is 2. The van der Waals surface area contributed by atoms with Crippen LogP contribution in [0.1, 0.15) is 13.3 Å². The number of piperidine rings is 1. The quantitative estimate of drug-likeness (QED) is 0.362. The van der Waals surface area contributed by atoms with Gasteiger partial charge < -0.3 is 25.1 Å². The lowest BCUT2D eigenvalue weighted by atomic mass is 10.00. The highest BCUT2D eigenvalue weighted by molar-refractivity contribution is 6.33. The summed E-state index contributed by atoms with van der Waals surface area (Å²) in [6, 6.07) is 3.56. The summed E-state index contributed by atoms with van der Waals surface area (Å²) in [6.07, 6.45) is 2.63. The van der Waals surface area contributed by atoms with E-state index in [0.717, 1.165) is 19.5 Å². The van der Waals surface area contributed by atoms with Gasteiger partial charge in [0, 0.05) is 25.3 Å². The molecule has 0 unspecified atom stereocenters. The Kier molecular flexibility index (Phi) is 6.66. The Hall–Kier alpha value is -2.33. The lowest BCUT2D eigenvalue weighted by Gasteiger charge is -2.27. The van der Waals surface area contributed by atoms with Crippen LogP contribution in [0.4, 0.5) is 11.5 Å². The summed E-state index contributed by atoms with van der Waals surface area (Å²) < 4.78 is 13.5. The Morgan fingerprint density at radius 3 is 2.94 bits per heavy atom. The van der Waals surface area contributed by atoms with E-state index >= 15 is 0 Å². The number of fused-ring (bicyclic) bond motifs is 1. The summed E-state index contributed by atoms with van der Waals surface area (Å²) >= 11 is 12.0. The van der Waals surface area contributed by atoms with Gasteiger partial charge in [-0.25, -0.2) is 9.78 Å². The molecule has 3 heterocycles. The summed E-state index contributed by atoms with van der Waals surface area (Å²) in [4.78, 5) is 22.9.